The third-order valence-corrected chi connectivity index (χ3v) is 2.18. The van der Waals surface area contributed by atoms with Crippen LogP contribution < -0.4 is 5.32 Å². The van der Waals surface area contributed by atoms with Crippen LogP contribution in [0.25, 0.3) is 0 Å². The van der Waals surface area contributed by atoms with Crippen LogP contribution in [-0.4, -0.2) is 42.4 Å². The molecule has 0 fully saturated rings. The number of hydrogen-bond acceptors (Lipinski definition) is 2. The Bertz CT molecular complexity index is 147. The van der Waals surface area contributed by atoms with Crippen LogP contribution in [-0.2, 0) is 4.79 Å². The summed E-state index contributed by atoms with van der Waals surface area (Å²) in [7, 11) is 0. The molecule has 0 rings (SSSR count). The van der Waals surface area contributed by atoms with E-state index in [-0.39, 0.29) is 5.91 Å². The molecule has 78 valence electrons. The molecule has 1 atom stereocenters. The second-order valence-electron chi connectivity index (χ2n) is 2.93. The number of likely N-dealkylation sites (N-methyl/N-ethyl adjacent to an activating group) is 1. The lowest BCUT2D eigenvalue weighted by Crippen LogP contribution is -2.37. The van der Waals surface area contributed by atoms with E-state index in [1.807, 2.05) is 0 Å². The molecule has 0 aliphatic carbocycles. The lowest BCUT2D eigenvalue weighted by Gasteiger charge is -2.18. The molecule has 0 aromatic rings. The van der Waals surface area contributed by atoms with Gasteiger partial charge in [-0.05, 0) is 20.0 Å². The molecule has 3 nitrogen and oxygen atoms in total. The summed E-state index contributed by atoms with van der Waals surface area (Å²) >= 11 is 5.59. The molecule has 1 unspecified atom stereocenters. The van der Waals surface area contributed by atoms with E-state index in [1.54, 1.807) is 6.92 Å². The second kappa shape index (κ2) is 7.15. The maximum atomic E-state index is 11.0. The first-order valence-electron chi connectivity index (χ1n) is 4.75. The highest BCUT2D eigenvalue weighted by atomic mass is 35.5. The Labute approximate surface area is 85.4 Å². The average molecular weight is 207 g/mol. The van der Waals surface area contributed by atoms with Gasteiger partial charge in [0.2, 0.25) is 5.91 Å². The van der Waals surface area contributed by atoms with Gasteiger partial charge in [-0.25, -0.2) is 0 Å². The molecule has 0 aromatic heterocycles. The van der Waals surface area contributed by atoms with E-state index < -0.39 is 5.38 Å². The van der Waals surface area contributed by atoms with Gasteiger partial charge in [0.1, 0.15) is 5.38 Å². The first kappa shape index (κ1) is 12.7. The van der Waals surface area contributed by atoms with Gasteiger partial charge >= 0.3 is 0 Å². The lowest BCUT2D eigenvalue weighted by atomic mass is 10.4. The fourth-order valence-electron chi connectivity index (χ4n) is 1.02. The number of nitrogens with zero attached hydrogens (tertiary/aromatic N) is 1. The minimum Gasteiger partial charge on any atom is -0.354 e. The Morgan fingerprint density at radius 1 is 1.46 bits per heavy atom. The molecular weight excluding hydrogens is 188 g/mol. The Kier molecular flexibility index (Phi) is 7.00. The maximum Gasteiger partial charge on any atom is 0.237 e. The van der Waals surface area contributed by atoms with Crippen molar-refractivity contribution in [2.45, 2.75) is 26.1 Å². The van der Waals surface area contributed by atoms with Crippen molar-refractivity contribution in [2.24, 2.45) is 0 Å². The zero-order chi connectivity index (χ0) is 10.3. The highest BCUT2D eigenvalue weighted by Gasteiger charge is 2.07. The Hall–Kier alpha value is -0.280. The van der Waals surface area contributed by atoms with Crippen LogP contribution in [0, 0.1) is 0 Å². The van der Waals surface area contributed by atoms with Crippen LogP contribution in [0.4, 0.5) is 0 Å². The summed E-state index contributed by atoms with van der Waals surface area (Å²) in [4.78, 5) is 13.3. The third-order valence-electron chi connectivity index (χ3n) is 1.98. The second-order valence-corrected chi connectivity index (χ2v) is 3.59. The first-order valence-corrected chi connectivity index (χ1v) is 5.19. The van der Waals surface area contributed by atoms with Crippen molar-refractivity contribution in [3.05, 3.63) is 0 Å². The van der Waals surface area contributed by atoms with Crippen LogP contribution >= 0.6 is 11.6 Å². The standard InChI is InChI=1S/C9H19ClN2O/c1-4-12(5-2)7-6-11-9(13)8(3)10/h8H,4-7H2,1-3H3,(H,11,13). The quantitative estimate of drug-likeness (QED) is 0.660. The van der Waals surface area contributed by atoms with E-state index in [1.165, 1.54) is 0 Å². The van der Waals surface area contributed by atoms with Crippen LogP contribution in [0.3, 0.4) is 0 Å². The molecule has 0 radical (unpaired) electrons. The SMILES string of the molecule is CCN(CC)CCNC(=O)C(C)Cl. The molecule has 0 aromatic carbocycles. The van der Waals surface area contributed by atoms with Gasteiger partial charge in [-0.3, -0.25) is 4.79 Å². The van der Waals surface area contributed by atoms with E-state index in [4.69, 9.17) is 11.6 Å². The number of nitrogens with one attached hydrogen (secondary N) is 1. The number of alkyl halides is 1. The summed E-state index contributed by atoms with van der Waals surface area (Å²) in [6, 6.07) is 0. The third kappa shape index (κ3) is 5.88. The minimum atomic E-state index is -0.434. The van der Waals surface area contributed by atoms with Gasteiger partial charge < -0.3 is 10.2 Å². The van der Waals surface area contributed by atoms with Crippen molar-refractivity contribution in [3.63, 3.8) is 0 Å². The molecule has 1 amide bonds. The van der Waals surface area contributed by atoms with Crippen LogP contribution in [0.1, 0.15) is 20.8 Å². The van der Waals surface area contributed by atoms with Gasteiger partial charge in [0.25, 0.3) is 0 Å². The minimum absolute atomic E-state index is 0.0891. The molecule has 0 saturated carbocycles. The van der Waals surface area contributed by atoms with Crippen molar-refractivity contribution in [1.82, 2.24) is 10.2 Å². The molecule has 0 spiro atoms. The smallest absolute Gasteiger partial charge is 0.237 e. The van der Waals surface area contributed by atoms with Gasteiger partial charge in [-0.15, -0.1) is 11.6 Å². The summed E-state index contributed by atoms with van der Waals surface area (Å²) in [6.45, 7) is 9.49. The number of amides is 1. The summed E-state index contributed by atoms with van der Waals surface area (Å²) in [5, 5.41) is 2.34. The molecule has 0 aliphatic rings. The maximum absolute atomic E-state index is 11.0. The highest BCUT2D eigenvalue weighted by Crippen LogP contribution is 1.92. The zero-order valence-electron chi connectivity index (χ0n) is 8.64. The van der Waals surface area contributed by atoms with Gasteiger partial charge in [0, 0.05) is 13.1 Å². The molecule has 0 saturated heterocycles. The van der Waals surface area contributed by atoms with E-state index >= 15 is 0 Å². The van der Waals surface area contributed by atoms with Gasteiger partial charge in [-0.1, -0.05) is 13.8 Å². The predicted octanol–water partition coefficient (Wildman–Crippen LogP) is 1.07. The Morgan fingerprint density at radius 3 is 2.38 bits per heavy atom. The van der Waals surface area contributed by atoms with Crippen LogP contribution in [0.15, 0.2) is 0 Å². The van der Waals surface area contributed by atoms with Gasteiger partial charge in [-0.2, -0.15) is 0 Å². The number of halogens is 1. The van der Waals surface area contributed by atoms with Crippen molar-refractivity contribution >= 4 is 17.5 Å². The molecule has 0 heterocycles. The van der Waals surface area contributed by atoms with Crippen molar-refractivity contribution < 1.29 is 4.79 Å². The number of carbonyl (C=O) groups is 1. The predicted molar refractivity (Wildman–Crippen MR) is 56.1 cm³/mol. The normalized spacial score (nSPS) is 13.0. The molecule has 0 aliphatic heterocycles. The van der Waals surface area contributed by atoms with Gasteiger partial charge in [0.15, 0.2) is 0 Å². The molecular formula is C9H19ClN2O. The fraction of sp³-hybridized carbons (Fsp3) is 0.889. The highest BCUT2D eigenvalue weighted by molar-refractivity contribution is 6.30. The largest absolute Gasteiger partial charge is 0.354 e. The number of carbonyl (C=O) groups excluding carboxylic acids is 1. The fourth-order valence-corrected chi connectivity index (χ4v) is 1.09. The molecule has 1 N–H and O–H groups in total. The van der Waals surface area contributed by atoms with Crippen molar-refractivity contribution in [3.8, 4) is 0 Å². The van der Waals surface area contributed by atoms with Crippen LogP contribution in [0.5, 0.6) is 0 Å². The average Bonchev–Trinajstić information content (AvgIpc) is 2.12. The van der Waals surface area contributed by atoms with E-state index in [2.05, 4.69) is 24.1 Å². The lowest BCUT2D eigenvalue weighted by molar-refractivity contribution is -0.120. The van der Waals surface area contributed by atoms with Gasteiger partial charge in [0.05, 0.1) is 0 Å². The van der Waals surface area contributed by atoms with E-state index in [0.717, 1.165) is 19.6 Å². The summed E-state index contributed by atoms with van der Waals surface area (Å²) in [5.41, 5.74) is 0. The number of rotatable bonds is 6. The first-order chi connectivity index (χ1) is 6.11. The van der Waals surface area contributed by atoms with Crippen LogP contribution in [0.2, 0.25) is 0 Å². The van der Waals surface area contributed by atoms with E-state index in [0.29, 0.717) is 6.54 Å². The molecule has 0 bridgehead atoms. The Morgan fingerprint density at radius 2 is 2.00 bits per heavy atom. The zero-order valence-corrected chi connectivity index (χ0v) is 9.40. The topological polar surface area (TPSA) is 32.3 Å². The van der Waals surface area contributed by atoms with E-state index in [9.17, 15) is 4.79 Å². The Balaban J connectivity index is 3.49. The monoisotopic (exact) mass is 206 g/mol. The number of hydrogen-bond donors (Lipinski definition) is 1. The summed E-state index contributed by atoms with van der Waals surface area (Å²) < 4.78 is 0. The molecule has 13 heavy (non-hydrogen) atoms. The van der Waals surface area contributed by atoms with Crippen molar-refractivity contribution in [2.75, 3.05) is 26.2 Å². The summed E-state index contributed by atoms with van der Waals surface area (Å²) in [5.74, 6) is -0.0891. The molecule has 4 heteroatoms. The summed E-state index contributed by atoms with van der Waals surface area (Å²) in [6.07, 6.45) is 0. The van der Waals surface area contributed by atoms with Crippen molar-refractivity contribution in [1.29, 1.82) is 0 Å².